The van der Waals surface area contributed by atoms with Gasteiger partial charge in [0.05, 0.1) is 17.1 Å². The van der Waals surface area contributed by atoms with Crippen molar-refractivity contribution in [1.29, 1.82) is 0 Å². The SMILES string of the molecule is CCOC(C)n1cc(-c2nnnc3c2c(C(N)=O)cn3Cc2ccccc2)cn1. The first-order chi connectivity index (χ1) is 14.1. The van der Waals surface area contributed by atoms with Crippen LogP contribution in [0.25, 0.3) is 22.3 Å². The molecule has 3 aromatic heterocycles. The van der Waals surface area contributed by atoms with Crippen LogP contribution in [0.1, 0.15) is 36.0 Å². The summed E-state index contributed by atoms with van der Waals surface area (Å²) in [6.45, 7) is 4.93. The number of aromatic nitrogens is 6. The van der Waals surface area contributed by atoms with E-state index in [2.05, 4.69) is 20.5 Å². The van der Waals surface area contributed by atoms with Gasteiger partial charge in [0.1, 0.15) is 11.9 Å². The average Bonchev–Trinajstić information content (AvgIpc) is 3.35. The van der Waals surface area contributed by atoms with Crippen LogP contribution in [0.5, 0.6) is 0 Å². The lowest BCUT2D eigenvalue weighted by Crippen LogP contribution is -2.11. The molecular weight excluding hydrogens is 370 g/mol. The highest BCUT2D eigenvalue weighted by Crippen LogP contribution is 2.29. The number of hydrogen-bond acceptors (Lipinski definition) is 6. The molecule has 9 heteroatoms. The Kier molecular flexibility index (Phi) is 5.05. The van der Waals surface area contributed by atoms with E-state index in [1.807, 2.05) is 54.9 Å². The largest absolute Gasteiger partial charge is 0.366 e. The zero-order valence-corrected chi connectivity index (χ0v) is 16.2. The monoisotopic (exact) mass is 391 g/mol. The number of rotatable bonds is 7. The van der Waals surface area contributed by atoms with Crippen LogP contribution in [-0.2, 0) is 11.3 Å². The minimum Gasteiger partial charge on any atom is -0.366 e. The molecule has 1 unspecified atom stereocenters. The molecule has 0 saturated carbocycles. The minimum atomic E-state index is -0.548. The van der Waals surface area contributed by atoms with Gasteiger partial charge in [-0.25, -0.2) is 4.68 Å². The number of carbonyl (C=O) groups excluding carboxylic acids is 1. The summed E-state index contributed by atoms with van der Waals surface area (Å²) >= 11 is 0. The van der Waals surface area contributed by atoms with Gasteiger partial charge in [-0.3, -0.25) is 4.79 Å². The van der Waals surface area contributed by atoms with Crippen molar-refractivity contribution in [3.8, 4) is 11.3 Å². The van der Waals surface area contributed by atoms with E-state index in [9.17, 15) is 4.79 Å². The van der Waals surface area contributed by atoms with Gasteiger partial charge in [-0.15, -0.1) is 10.2 Å². The molecule has 148 valence electrons. The summed E-state index contributed by atoms with van der Waals surface area (Å²) in [5.74, 6) is -0.548. The quantitative estimate of drug-likeness (QED) is 0.517. The summed E-state index contributed by atoms with van der Waals surface area (Å²) in [4.78, 5) is 12.2. The second-order valence-corrected chi connectivity index (χ2v) is 6.62. The van der Waals surface area contributed by atoms with E-state index < -0.39 is 5.91 Å². The average molecular weight is 391 g/mol. The number of amides is 1. The molecular formula is C20H21N7O2. The highest BCUT2D eigenvalue weighted by molar-refractivity contribution is 6.09. The molecule has 29 heavy (non-hydrogen) atoms. The van der Waals surface area contributed by atoms with Gasteiger partial charge >= 0.3 is 0 Å². The molecule has 9 nitrogen and oxygen atoms in total. The highest BCUT2D eigenvalue weighted by Gasteiger charge is 2.21. The maximum atomic E-state index is 12.2. The molecule has 0 aliphatic rings. The van der Waals surface area contributed by atoms with Gasteiger partial charge in [-0.05, 0) is 24.6 Å². The lowest BCUT2D eigenvalue weighted by Gasteiger charge is -2.11. The van der Waals surface area contributed by atoms with Crippen LogP contribution in [0, 0.1) is 0 Å². The standard InChI is InChI=1S/C20H21N7O2/c1-3-29-13(2)27-11-15(9-22-27)18-17-16(19(21)28)12-26(20(17)24-25-23-18)10-14-7-5-4-6-8-14/h4-9,11-13H,3,10H2,1-2H3,(H2,21,28). The topological polar surface area (TPSA) is 114 Å². The third kappa shape index (κ3) is 3.59. The molecule has 0 fully saturated rings. The molecule has 0 bridgehead atoms. The Balaban J connectivity index is 1.83. The Morgan fingerprint density at radius 2 is 2.00 bits per heavy atom. The zero-order chi connectivity index (χ0) is 20.4. The Labute approximate surface area is 167 Å². The summed E-state index contributed by atoms with van der Waals surface area (Å²) in [6, 6.07) is 9.88. The summed E-state index contributed by atoms with van der Waals surface area (Å²) in [6.07, 6.45) is 4.95. The first kappa shape index (κ1) is 18.8. The number of carbonyl (C=O) groups is 1. The smallest absolute Gasteiger partial charge is 0.251 e. The number of nitrogens with two attached hydrogens (primary N) is 1. The maximum Gasteiger partial charge on any atom is 0.251 e. The fourth-order valence-electron chi connectivity index (χ4n) is 3.31. The lowest BCUT2D eigenvalue weighted by atomic mass is 10.1. The van der Waals surface area contributed by atoms with Gasteiger partial charge in [0.25, 0.3) is 5.91 Å². The van der Waals surface area contributed by atoms with E-state index in [0.29, 0.717) is 41.0 Å². The van der Waals surface area contributed by atoms with Gasteiger partial charge in [0.2, 0.25) is 0 Å². The molecule has 0 aliphatic heterocycles. The maximum absolute atomic E-state index is 12.2. The molecule has 0 saturated heterocycles. The summed E-state index contributed by atoms with van der Waals surface area (Å²) in [5, 5.41) is 17.2. The van der Waals surface area contributed by atoms with Crippen molar-refractivity contribution >= 4 is 16.9 Å². The second kappa shape index (κ2) is 7.80. The fraction of sp³-hybridized carbons (Fsp3) is 0.250. The van der Waals surface area contributed by atoms with Gasteiger partial charge in [0.15, 0.2) is 5.65 Å². The molecule has 2 N–H and O–H groups in total. The fourth-order valence-corrected chi connectivity index (χ4v) is 3.31. The van der Waals surface area contributed by atoms with Crippen molar-refractivity contribution in [2.24, 2.45) is 5.73 Å². The van der Waals surface area contributed by atoms with E-state index >= 15 is 0 Å². The molecule has 1 atom stereocenters. The van der Waals surface area contributed by atoms with Crippen LogP contribution < -0.4 is 5.73 Å². The van der Waals surface area contributed by atoms with Gasteiger partial charge in [-0.1, -0.05) is 30.3 Å². The lowest BCUT2D eigenvalue weighted by molar-refractivity contribution is 0.0160. The molecule has 1 aromatic carbocycles. The van der Waals surface area contributed by atoms with Crippen molar-refractivity contribution in [2.45, 2.75) is 26.6 Å². The van der Waals surface area contributed by atoms with E-state index in [1.165, 1.54) is 0 Å². The van der Waals surface area contributed by atoms with Crippen molar-refractivity contribution in [3.63, 3.8) is 0 Å². The highest BCUT2D eigenvalue weighted by atomic mass is 16.5. The van der Waals surface area contributed by atoms with E-state index in [4.69, 9.17) is 10.5 Å². The Morgan fingerprint density at radius 1 is 1.21 bits per heavy atom. The van der Waals surface area contributed by atoms with Crippen LogP contribution in [-0.4, -0.2) is 42.3 Å². The Morgan fingerprint density at radius 3 is 2.72 bits per heavy atom. The van der Waals surface area contributed by atoms with Crippen molar-refractivity contribution < 1.29 is 9.53 Å². The molecule has 1 amide bonds. The first-order valence-electron chi connectivity index (χ1n) is 9.30. The van der Waals surface area contributed by atoms with Crippen LogP contribution in [0.2, 0.25) is 0 Å². The van der Waals surface area contributed by atoms with Gasteiger partial charge in [0, 0.05) is 31.1 Å². The zero-order valence-electron chi connectivity index (χ0n) is 16.2. The van der Waals surface area contributed by atoms with Crippen LogP contribution in [0.3, 0.4) is 0 Å². The van der Waals surface area contributed by atoms with E-state index in [1.54, 1.807) is 17.1 Å². The number of fused-ring (bicyclic) bond motifs is 1. The van der Waals surface area contributed by atoms with Crippen molar-refractivity contribution in [2.75, 3.05) is 6.61 Å². The normalized spacial score (nSPS) is 12.3. The Bertz CT molecular complexity index is 1150. The van der Waals surface area contributed by atoms with Crippen LogP contribution in [0.15, 0.2) is 48.9 Å². The predicted molar refractivity (Wildman–Crippen MR) is 107 cm³/mol. The van der Waals surface area contributed by atoms with Crippen molar-refractivity contribution in [3.05, 3.63) is 60.0 Å². The number of ether oxygens (including phenoxy) is 1. The number of benzene rings is 1. The third-order valence-electron chi connectivity index (χ3n) is 4.69. The van der Waals surface area contributed by atoms with Crippen molar-refractivity contribution in [1.82, 2.24) is 29.8 Å². The number of primary amides is 1. The van der Waals surface area contributed by atoms with Crippen LogP contribution in [0.4, 0.5) is 0 Å². The Hall–Kier alpha value is -3.59. The van der Waals surface area contributed by atoms with Crippen LogP contribution >= 0.6 is 0 Å². The second-order valence-electron chi connectivity index (χ2n) is 6.62. The minimum absolute atomic E-state index is 0.225. The molecule has 3 heterocycles. The van der Waals surface area contributed by atoms with Gasteiger partial charge < -0.3 is 15.0 Å². The van der Waals surface area contributed by atoms with E-state index in [-0.39, 0.29) is 6.23 Å². The molecule has 4 aromatic rings. The first-order valence-corrected chi connectivity index (χ1v) is 9.30. The summed E-state index contributed by atoms with van der Waals surface area (Å²) < 4.78 is 9.12. The van der Waals surface area contributed by atoms with Gasteiger partial charge in [-0.2, -0.15) is 5.10 Å². The summed E-state index contributed by atoms with van der Waals surface area (Å²) in [7, 11) is 0. The summed E-state index contributed by atoms with van der Waals surface area (Å²) in [5.41, 5.74) is 8.82. The molecule has 0 radical (unpaired) electrons. The predicted octanol–water partition coefficient (Wildman–Crippen LogP) is 2.39. The molecule has 4 rings (SSSR count). The number of nitrogens with zero attached hydrogens (tertiary/aromatic N) is 6. The molecule has 0 aliphatic carbocycles. The van der Waals surface area contributed by atoms with E-state index in [0.717, 1.165) is 5.56 Å². The third-order valence-corrected chi connectivity index (χ3v) is 4.69. The molecule has 0 spiro atoms. The number of hydrogen-bond donors (Lipinski definition) is 1.